The van der Waals surface area contributed by atoms with Crippen molar-refractivity contribution in [3.63, 3.8) is 0 Å². The largest absolute Gasteiger partial charge is 0.507 e. The number of benzene rings is 2. The van der Waals surface area contributed by atoms with Gasteiger partial charge in [-0.1, -0.05) is 39.8 Å². The van der Waals surface area contributed by atoms with Crippen LogP contribution in [0.2, 0.25) is 0 Å². The summed E-state index contributed by atoms with van der Waals surface area (Å²) < 4.78 is 16.9. The highest BCUT2D eigenvalue weighted by Crippen LogP contribution is 2.69. The molecule has 1 heterocycles. The van der Waals surface area contributed by atoms with Crippen LogP contribution in [0.4, 0.5) is 0 Å². The molecule has 2 fully saturated rings. The van der Waals surface area contributed by atoms with Crippen LogP contribution in [0.3, 0.4) is 0 Å². The van der Waals surface area contributed by atoms with Crippen LogP contribution in [0, 0.1) is 22.7 Å². The predicted molar refractivity (Wildman–Crippen MR) is 128 cm³/mol. The Morgan fingerprint density at radius 3 is 2.27 bits per heavy atom. The zero-order valence-corrected chi connectivity index (χ0v) is 20.1. The van der Waals surface area contributed by atoms with Crippen LogP contribution in [0.5, 0.6) is 17.2 Å². The quantitative estimate of drug-likeness (QED) is 0.532. The first kappa shape index (κ1) is 20.0. The number of fused-ring (bicyclic) bond motifs is 9. The molecule has 1 aliphatic heterocycles. The van der Waals surface area contributed by atoms with E-state index in [2.05, 4.69) is 52.0 Å². The van der Waals surface area contributed by atoms with Crippen molar-refractivity contribution >= 4 is 16.3 Å². The molecule has 7 rings (SSSR count). The number of phenolic OH excluding ortho intramolecular Hbond substituents is 1. The van der Waals surface area contributed by atoms with Crippen LogP contribution in [0.15, 0.2) is 35.9 Å². The molecule has 0 bridgehead atoms. The second-order valence-corrected chi connectivity index (χ2v) is 12.6. The maximum atomic E-state index is 11.3. The Hall–Kier alpha value is -2.46. The summed E-state index contributed by atoms with van der Waals surface area (Å²) in [6.07, 6.45) is 9.56. The van der Waals surface area contributed by atoms with Crippen LogP contribution in [-0.4, -0.2) is 18.7 Å². The van der Waals surface area contributed by atoms with Gasteiger partial charge in [0.2, 0.25) is 0 Å². The second-order valence-electron chi connectivity index (χ2n) is 12.6. The van der Waals surface area contributed by atoms with E-state index in [0.29, 0.717) is 29.1 Å². The van der Waals surface area contributed by atoms with Crippen LogP contribution in [0.1, 0.15) is 64.5 Å². The average Bonchev–Trinajstić information content (AvgIpc) is 3.33. The van der Waals surface area contributed by atoms with Crippen LogP contribution in [-0.2, 0) is 10.2 Å². The molecule has 4 nitrogen and oxygen atoms in total. The SMILES string of the molecule is COC1Oc2cc3c(O)cc4c(c3cc2O1)C1=C(C=CC2CC12)C41CC(C)(C)CC(C)(C)C1. The maximum absolute atomic E-state index is 11.3. The zero-order chi connectivity index (χ0) is 22.9. The lowest BCUT2D eigenvalue weighted by molar-refractivity contribution is -0.157. The Morgan fingerprint density at radius 1 is 0.939 bits per heavy atom. The standard InChI is InChI=1S/C29H32O4/c1-27(2)12-28(3,4)14-29(13-27)19-7-6-15-8-16(15)24(19)25-18-10-23-22(32-26(31-5)33-23)9-17(18)21(30)11-20(25)29/h6-7,9-11,15-16,26,30H,8,12-14H2,1-5H3. The van der Waals surface area contributed by atoms with E-state index in [-0.39, 0.29) is 16.2 Å². The Labute approximate surface area is 195 Å². The lowest BCUT2D eigenvalue weighted by atomic mass is 9.52. The maximum Gasteiger partial charge on any atom is 0.360 e. The first-order chi connectivity index (χ1) is 15.6. The molecule has 2 aromatic rings. The fraction of sp³-hybridized carbons (Fsp3) is 0.517. The third kappa shape index (κ3) is 2.62. The molecule has 0 saturated heterocycles. The van der Waals surface area contributed by atoms with E-state index in [1.807, 2.05) is 6.07 Å². The van der Waals surface area contributed by atoms with Crippen LogP contribution < -0.4 is 9.47 Å². The van der Waals surface area contributed by atoms with Crippen molar-refractivity contribution in [3.8, 4) is 17.2 Å². The summed E-state index contributed by atoms with van der Waals surface area (Å²) >= 11 is 0. The number of allylic oxidation sites excluding steroid dienone is 4. The third-order valence-corrected chi connectivity index (χ3v) is 8.65. The molecule has 33 heavy (non-hydrogen) atoms. The minimum absolute atomic E-state index is 0.0584. The van der Waals surface area contributed by atoms with E-state index >= 15 is 0 Å². The second kappa shape index (κ2) is 5.96. The molecule has 2 aromatic carbocycles. The first-order valence-electron chi connectivity index (χ1n) is 12.2. The number of rotatable bonds is 1. The van der Waals surface area contributed by atoms with Gasteiger partial charge in [0.25, 0.3) is 0 Å². The van der Waals surface area contributed by atoms with E-state index in [0.717, 1.165) is 23.6 Å². The Morgan fingerprint density at radius 2 is 1.61 bits per heavy atom. The Kier molecular flexibility index (Phi) is 3.60. The molecule has 5 aliphatic rings. The van der Waals surface area contributed by atoms with Crippen molar-refractivity contribution in [2.24, 2.45) is 22.7 Å². The summed E-state index contributed by atoms with van der Waals surface area (Å²) in [7, 11) is 1.57. The van der Waals surface area contributed by atoms with Gasteiger partial charge in [-0.25, -0.2) is 0 Å². The molecule has 0 radical (unpaired) electrons. The molecule has 172 valence electrons. The first-order valence-corrected chi connectivity index (χ1v) is 12.2. The van der Waals surface area contributed by atoms with Gasteiger partial charge in [-0.2, -0.15) is 0 Å². The van der Waals surface area contributed by atoms with E-state index in [1.165, 1.54) is 35.1 Å². The summed E-state index contributed by atoms with van der Waals surface area (Å²) in [6.45, 7) is 8.95. The number of hydrogen-bond acceptors (Lipinski definition) is 4. The molecule has 1 N–H and O–H groups in total. The zero-order valence-electron chi connectivity index (χ0n) is 20.1. The highest BCUT2D eigenvalue weighted by atomic mass is 16.9. The molecule has 0 aromatic heterocycles. The van der Waals surface area contributed by atoms with Crippen molar-refractivity contribution in [2.75, 3.05) is 7.11 Å². The van der Waals surface area contributed by atoms with E-state index < -0.39 is 6.48 Å². The van der Waals surface area contributed by atoms with Crippen molar-refractivity contribution in [3.05, 3.63) is 47.1 Å². The fourth-order valence-electron chi connectivity index (χ4n) is 8.24. The van der Waals surface area contributed by atoms with Crippen molar-refractivity contribution in [2.45, 2.75) is 65.3 Å². The van der Waals surface area contributed by atoms with Crippen LogP contribution in [0.25, 0.3) is 16.3 Å². The minimum Gasteiger partial charge on any atom is -0.507 e. The van der Waals surface area contributed by atoms with Crippen molar-refractivity contribution < 1.29 is 19.3 Å². The molecular weight excluding hydrogens is 412 g/mol. The molecule has 3 unspecified atom stereocenters. The molecule has 4 aliphatic carbocycles. The topological polar surface area (TPSA) is 47.9 Å². The highest BCUT2D eigenvalue weighted by molar-refractivity contribution is 6.05. The van der Waals surface area contributed by atoms with E-state index in [1.54, 1.807) is 7.11 Å². The summed E-state index contributed by atoms with van der Waals surface area (Å²) in [6, 6.07) is 6.07. The van der Waals surface area contributed by atoms with Gasteiger partial charge in [0.15, 0.2) is 11.5 Å². The number of methoxy groups -OCH3 is 1. The number of hydrogen-bond donors (Lipinski definition) is 1. The smallest absolute Gasteiger partial charge is 0.360 e. The lowest BCUT2D eigenvalue weighted by Crippen LogP contribution is -2.44. The van der Waals surface area contributed by atoms with Gasteiger partial charge in [0.1, 0.15) is 5.75 Å². The van der Waals surface area contributed by atoms with Gasteiger partial charge in [-0.15, -0.1) is 0 Å². The predicted octanol–water partition coefficient (Wildman–Crippen LogP) is 6.69. The van der Waals surface area contributed by atoms with Gasteiger partial charge < -0.3 is 19.3 Å². The fourth-order valence-corrected chi connectivity index (χ4v) is 8.24. The molecule has 0 amide bonds. The summed E-state index contributed by atoms with van der Waals surface area (Å²) in [5.74, 6) is 2.90. The molecular formula is C29H32O4. The normalized spacial score (nSPS) is 31.0. The van der Waals surface area contributed by atoms with Gasteiger partial charge in [-0.05, 0) is 94.2 Å². The van der Waals surface area contributed by atoms with Gasteiger partial charge >= 0.3 is 6.48 Å². The van der Waals surface area contributed by atoms with Crippen molar-refractivity contribution in [1.82, 2.24) is 0 Å². The summed E-state index contributed by atoms with van der Waals surface area (Å²) in [5.41, 5.74) is 6.08. The van der Waals surface area contributed by atoms with E-state index in [9.17, 15) is 5.11 Å². The monoisotopic (exact) mass is 444 g/mol. The summed E-state index contributed by atoms with van der Waals surface area (Å²) in [4.78, 5) is 0. The number of aromatic hydroxyl groups is 1. The van der Waals surface area contributed by atoms with Gasteiger partial charge in [0, 0.05) is 17.9 Å². The number of ether oxygens (including phenoxy) is 3. The Balaban J connectivity index is 1.54. The average molecular weight is 445 g/mol. The minimum atomic E-state index is -0.738. The van der Waals surface area contributed by atoms with Gasteiger partial charge in [-0.3, -0.25) is 0 Å². The lowest BCUT2D eigenvalue weighted by Gasteiger charge is -2.52. The van der Waals surface area contributed by atoms with Crippen molar-refractivity contribution in [1.29, 1.82) is 0 Å². The molecule has 4 heteroatoms. The molecule has 2 saturated carbocycles. The Bertz CT molecular complexity index is 1280. The van der Waals surface area contributed by atoms with Crippen LogP contribution >= 0.6 is 0 Å². The van der Waals surface area contributed by atoms with Gasteiger partial charge in [0.05, 0.1) is 0 Å². The third-order valence-electron chi connectivity index (χ3n) is 8.65. The molecule has 1 spiro atoms. The summed E-state index contributed by atoms with van der Waals surface area (Å²) in [5, 5.41) is 13.2. The molecule has 3 atom stereocenters. The van der Waals surface area contributed by atoms with E-state index in [4.69, 9.17) is 14.2 Å². The number of phenols is 1. The highest BCUT2D eigenvalue weighted by Gasteiger charge is 2.58.